The van der Waals surface area contributed by atoms with Gasteiger partial charge in [-0.1, -0.05) is 307 Å². The molecule has 0 N–H and O–H groups in total. The van der Waals surface area contributed by atoms with E-state index in [1.807, 2.05) is 0 Å². The summed E-state index contributed by atoms with van der Waals surface area (Å²) < 4.78 is 6.37. The summed E-state index contributed by atoms with van der Waals surface area (Å²) in [6.45, 7) is 12.7. The van der Waals surface area contributed by atoms with Crippen molar-refractivity contribution in [1.29, 1.82) is 0 Å². The molecule has 1 nitrogen and oxygen atoms in total. The Balaban J connectivity index is 4.32. The average Bonchev–Trinajstić information content (AvgIpc) is 3.19. The van der Waals surface area contributed by atoms with Gasteiger partial charge in [0.15, 0.2) is 0 Å². The van der Waals surface area contributed by atoms with Gasteiger partial charge in [0.1, 0.15) is 0 Å². The Morgan fingerprint density at radius 1 is 0.321 bits per heavy atom. The van der Waals surface area contributed by atoms with Crippen LogP contribution in [-0.4, -0.2) is 18.0 Å². The van der Waals surface area contributed by atoms with Gasteiger partial charge in [0.25, 0.3) is 0 Å². The lowest BCUT2D eigenvalue weighted by Crippen LogP contribution is -2.16. The zero-order chi connectivity index (χ0) is 40.8. The molecule has 0 fully saturated rings. The van der Waals surface area contributed by atoms with Crippen LogP contribution in [0.15, 0.2) is 0 Å². The molecule has 2 atom stereocenters. The maximum atomic E-state index is 6.37. The molecule has 0 amide bonds. The molecule has 2 heteroatoms. The second-order valence-electron chi connectivity index (χ2n) is 19.5. The third-order valence-electron chi connectivity index (χ3n) is 13.2. The Kier molecular flexibility index (Phi) is 48.5. The standard InChI is InChI=1S/C54H109BrO/c1-6-8-10-12-14-16-18-20-22-24-26-28-30-32-34-36-43-53(44-37-35-33-31-29-27-25-23-21-19-17-15-13-11-9-7-2)45-38-39-46-54(56-50-49-55)48-47-52(5)42-40-41-51(3)4/h51-54H,6-50H2,1-5H3. The van der Waals surface area contributed by atoms with Crippen LogP contribution in [0.5, 0.6) is 0 Å². The van der Waals surface area contributed by atoms with Gasteiger partial charge in [-0.3, -0.25) is 0 Å². The van der Waals surface area contributed by atoms with E-state index in [0.717, 1.165) is 29.7 Å². The monoisotopic (exact) mass is 853 g/mol. The van der Waals surface area contributed by atoms with Crippen molar-refractivity contribution in [3.05, 3.63) is 0 Å². The van der Waals surface area contributed by atoms with Gasteiger partial charge in [-0.25, -0.2) is 0 Å². The lowest BCUT2D eigenvalue weighted by molar-refractivity contribution is 0.0462. The van der Waals surface area contributed by atoms with Crippen LogP contribution in [0.3, 0.4) is 0 Å². The number of unbranched alkanes of at least 4 members (excludes halogenated alkanes) is 31. The predicted molar refractivity (Wildman–Crippen MR) is 261 cm³/mol. The van der Waals surface area contributed by atoms with Crippen molar-refractivity contribution in [1.82, 2.24) is 0 Å². The van der Waals surface area contributed by atoms with Gasteiger partial charge in [0, 0.05) is 5.33 Å². The van der Waals surface area contributed by atoms with Crippen molar-refractivity contribution < 1.29 is 4.74 Å². The van der Waals surface area contributed by atoms with Crippen LogP contribution in [0.25, 0.3) is 0 Å². The van der Waals surface area contributed by atoms with Crippen molar-refractivity contribution in [2.24, 2.45) is 17.8 Å². The first-order valence-electron chi connectivity index (χ1n) is 26.7. The third-order valence-corrected chi connectivity index (χ3v) is 13.5. The molecule has 0 heterocycles. The van der Waals surface area contributed by atoms with E-state index >= 15 is 0 Å². The molecule has 0 aromatic carbocycles. The Morgan fingerprint density at radius 2 is 0.643 bits per heavy atom. The lowest BCUT2D eigenvalue weighted by Gasteiger charge is -2.21. The number of alkyl halides is 1. The van der Waals surface area contributed by atoms with Crippen molar-refractivity contribution in [3.63, 3.8) is 0 Å². The topological polar surface area (TPSA) is 9.23 Å². The first-order valence-corrected chi connectivity index (χ1v) is 27.8. The summed E-state index contributed by atoms with van der Waals surface area (Å²) in [6.07, 6.45) is 62.8. The van der Waals surface area contributed by atoms with Crippen LogP contribution in [0.2, 0.25) is 0 Å². The van der Waals surface area contributed by atoms with E-state index < -0.39 is 0 Å². The van der Waals surface area contributed by atoms with Crippen LogP contribution in [0, 0.1) is 17.8 Å². The number of rotatable bonds is 49. The van der Waals surface area contributed by atoms with Crippen molar-refractivity contribution in [2.45, 2.75) is 317 Å². The second kappa shape index (κ2) is 48.1. The fourth-order valence-corrected chi connectivity index (χ4v) is 9.40. The maximum absolute atomic E-state index is 6.37. The average molecular weight is 854 g/mol. The summed E-state index contributed by atoms with van der Waals surface area (Å²) in [5.74, 6) is 2.65. The lowest BCUT2D eigenvalue weighted by atomic mass is 9.89. The van der Waals surface area contributed by atoms with Crippen LogP contribution in [0.1, 0.15) is 311 Å². The van der Waals surface area contributed by atoms with E-state index in [1.165, 1.54) is 276 Å². The Labute approximate surface area is 365 Å². The van der Waals surface area contributed by atoms with Gasteiger partial charge < -0.3 is 4.74 Å². The molecule has 338 valence electrons. The highest BCUT2D eigenvalue weighted by molar-refractivity contribution is 9.09. The highest BCUT2D eigenvalue weighted by Crippen LogP contribution is 2.27. The smallest absolute Gasteiger partial charge is 0.0575 e. The quantitative estimate of drug-likeness (QED) is 0.0438. The summed E-state index contributed by atoms with van der Waals surface area (Å²) in [7, 11) is 0. The Bertz CT molecular complexity index is 656. The predicted octanol–water partition coefficient (Wildman–Crippen LogP) is 20.5. The molecule has 56 heavy (non-hydrogen) atoms. The van der Waals surface area contributed by atoms with Crippen molar-refractivity contribution in [2.75, 3.05) is 11.9 Å². The van der Waals surface area contributed by atoms with Crippen LogP contribution < -0.4 is 0 Å². The van der Waals surface area contributed by atoms with Crippen molar-refractivity contribution >= 4 is 15.9 Å². The second-order valence-corrected chi connectivity index (χ2v) is 20.3. The molecule has 0 saturated heterocycles. The van der Waals surface area contributed by atoms with Crippen LogP contribution >= 0.6 is 15.9 Å². The minimum Gasteiger partial charge on any atom is -0.377 e. The fourth-order valence-electron chi connectivity index (χ4n) is 9.21. The van der Waals surface area contributed by atoms with Gasteiger partial charge in [-0.05, 0) is 37.0 Å². The fraction of sp³-hybridized carbons (Fsp3) is 1.00. The largest absolute Gasteiger partial charge is 0.377 e. The highest BCUT2D eigenvalue weighted by Gasteiger charge is 2.14. The first kappa shape index (κ1) is 56.4. The Hall–Kier alpha value is 0.440. The van der Waals surface area contributed by atoms with E-state index in [9.17, 15) is 0 Å². The molecule has 0 rings (SSSR count). The summed E-state index contributed by atoms with van der Waals surface area (Å²) in [6, 6.07) is 0. The zero-order valence-corrected chi connectivity index (χ0v) is 41.5. The number of halogens is 1. The van der Waals surface area contributed by atoms with Crippen LogP contribution in [-0.2, 0) is 4.74 Å². The zero-order valence-electron chi connectivity index (χ0n) is 39.9. The molecule has 0 aliphatic rings. The Morgan fingerprint density at radius 3 is 0.982 bits per heavy atom. The van der Waals surface area contributed by atoms with E-state index in [4.69, 9.17) is 4.74 Å². The minimum absolute atomic E-state index is 0.471. The molecule has 0 radical (unpaired) electrons. The maximum Gasteiger partial charge on any atom is 0.0575 e. The third kappa shape index (κ3) is 45.5. The molecule has 0 saturated carbocycles. The molecule has 0 aliphatic carbocycles. The summed E-state index contributed by atoms with van der Waals surface area (Å²) in [4.78, 5) is 0. The molecule has 2 unspecified atom stereocenters. The van der Waals surface area contributed by atoms with E-state index in [0.29, 0.717) is 6.10 Å². The van der Waals surface area contributed by atoms with Gasteiger partial charge in [-0.2, -0.15) is 0 Å². The highest BCUT2D eigenvalue weighted by atomic mass is 79.9. The number of hydrogen-bond acceptors (Lipinski definition) is 1. The van der Waals surface area contributed by atoms with Crippen molar-refractivity contribution in [3.8, 4) is 0 Å². The van der Waals surface area contributed by atoms with Gasteiger partial charge >= 0.3 is 0 Å². The summed E-state index contributed by atoms with van der Waals surface area (Å²) in [5, 5.41) is 0.966. The van der Waals surface area contributed by atoms with E-state index in [-0.39, 0.29) is 0 Å². The van der Waals surface area contributed by atoms with E-state index in [1.54, 1.807) is 0 Å². The molecular weight excluding hydrogens is 744 g/mol. The first-order chi connectivity index (χ1) is 27.5. The molecule has 0 aromatic rings. The molecule has 0 spiro atoms. The molecule has 0 bridgehead atoms. The number of hydrogen-bond donors (Lipinski definition) is 0. The van der Waals surface area contributed by atoms with Gasteiger partial charge in [0.2, 0.25) is 0 Å². The molecular formula is C54H109BrO. The van der Waals surface area contributed by atoms with Crippen LogP contribution in [0.4, 0.5) is 0 Å². The van der Waals surface area contributed by atoms with E-state index in [2.05, 4.69) is 50.5 Å². The molecule has 0 aliphatic heterocycles. The summed E-state index contributed by atoms with van der Waals surface area (Å²) >= 11 is 3.62. The summed E-state index contributed by atoms with van der Waals surface area (Å²) in [5.41, 5.74) is 0. The SMILES string of the molecule is CCCCCCCCCCCCCCCCCCC(CCCCCCCCCCCCCCCCCC)CCCCC(CCC(C)CCCC(C)C)OCCBr. The van der Waals surface area contributed by atoms with Gasteiger partial charge in [-0.15, -0.1) is 0 Å². The molecule has 0 aromatic heterocycles. The number of ether oxygens (including phenoxy) is 1. The minimum atomic E-state index is 0.471. The normalized spacial score (nSPS) is 13.1. The van der Waals surface area contributed by atoms with Gasteiger partial charge in [0.05, 0.1) is 12.7 Å².